The first-order chi connectivity index (χ1) is 22.1. The van der Waals surface area contributed by atoms with E-state index in [4.69, 9.17) is 21.1 Å². The lowest BCUT2D eigenvalue weighted by Gasteiger charge is -2.37. The number of rotatable bonds is 10. The normalized spacial score (nSPS) is 19.8. The molecule has 2 saturated heterocycles. The molecule has 6 rings (SSSR count). The van der Waals surface area contributed by atoms with Crippen LogP contribution in [0.2, 0.25) is 5.02 Å². The van der Waals surface area contributed by atoms with Gasteiger partial charge in [-0.15, -0.1) is 0 Å². The average molecular weight is 659 g/mol. The highest BCUT2D eigenvalue weighted by molar-refractivity contribution is 6.31. The Morgan fingerprint density at radius 1 is 1.26 bits per heavy atom. The number of likely N-dealkylation sites (tertiary alicyclic amines) is 1. The summed E-state index contributed by atoms with van der Waals surface area (Å²) in [6.45, 7) is -1.33. The number of amides is 2. The SMILES string of the molecule is CN(CC1CCC(=O)O1)C1CCN(C(=O)Cn2cc(NC(=O)C3=C4N=CC=CN4NC3)c(-c3cc(Cl)ccc3OC(F)F)n2)CC1. The van der Waals surface area contributed by atoms with Crippen molar-refractivity contribution in [2.75, 3.05) is 38.5 Å². The summed E-state index contributed by atoms with van der Waals surface area (Å²) in [5, 5.41) is 9.20. The molecule has 13 nitrogen and oxygen atoms in total. The van der Waals surface area contributed by atoms with Gasteiger partial charge in [0.1, 0.15) is 24.1 Å². The van der Waals surface area contributed by atoms with Crippen molar-refractivity contribution >= 4 is 41.3 Å². The molecular weight excluding hydrogens is 626 g/mol. The van der Waals surface area contributed by atoms with Crippen molar-refractivity contribution in [2.24, 2.45) is 4.99 Å². The number of halogens is 3. The number of likely N-dealkylation sites (N-methyl/N-ethyl adjacent to an activating group) is 1. The molecule has 0 saturated carbocycles. The van der Waals surface area contributed by atoms with Crippen LogP contribution in [-0.4, -0.2) is 101 Å². The van der Waals surface area contributed by atoms with E-state index in [2.05, 4.69) is 25.7 Å². The van der Waals surface area contributed by atoms with Crippen molar-refractivity contribution in [1.29, 1.82) is 0 Å². The molecule has 1 aromatic carbocycles. The Hall–Kier alpha value is -4.34. The Labute approximate surface area is 268 Å². The van der Waals surface area contributed by atoms with E-state index in [0.717, 1.165) is 19.3 Å². The van der Waals surface area contributed by atoms with Crippen LogP contribution in [0.25, 0.3) is 11.3 Å². The molecule has 0 bridgehead atoms. The van der Waals surface area contributed by atoms with Gasteiger partial charge in [0.2, 0.25) is 5.91 Å². The molecule has 2 fully saturated rings. The van der Waals surface area contributed by atoms with Gasteiger partial charge in [0.05, 0.1) is 11.3 Å². The van der Waals surface area contributed by atoms with Gasteiger partial charge in [-0.3, -0.25) is 29.0 Å². The molecule has 0 spiro atoms. The number of ether oxygens (including phenoxy) is 2. The maximum Gasteiger partial charge on any atom is 0.387 e. The predicted molar refractivity (Wildman–Crippen MR) is 164 cm³/mol. The Kier molecular flexibility index (Phi) is 9.33. The second kappa shape index (κ2) is 13.6. The first kappa shape index (κ1) is 31.6. The number of nitrogens with zero attached hydrogens (tertiary/aromatic N) is 6. The Morgan fingerprint density at radius 3 is 2.80 bits per heavy atom. The number of hydrogen-bond acceptors (Lipinski definition) is 10. The number of hydrogen-bond donors (Lipinski definition) is 2. The highest BCUT2D eigenvalue weighted by Crippen LogP contribution is 2.37. The Balaban J connectivity index is 1.19. The van der Waals surface area contributed by atoms with E-state index in [9.17, 15) is 23.2 Å². The molecule has 46 heavy (non-hydrogen) atoms. The minimum Gasteiger partial charge on any atom is -0.461 e. The minimum absolute atomic E-state index is 0.0972. The number of allylic oxidation sites excluding steroid dienone is 1. The van der Waals surface area contributed by atoms with Crippen LogP contribution in [0.4, 0.5) is 14.5 Å². The lowest BCUT2D eigenvalue weighted by atomic mass is 10.0. The predicted octanol–water partition coefficient (Wildman–Crippen LogP) is 3.00. The standard InChI is InChI=1S/C30H33ClF2N8O5/c1-38(15-20-4-6-26(43)45-20)19-7-11-39(12-8-19)25(42)17-40-16-23(36-29(44)22-14-35-41-10-2-9-34-28(22)41)27(37-40)21-13-18(31)3-5-24(21)46-30(32)33/h2-3,5,9-10,13,16,19-20,30,35H,4,6-8,11-12,14-15,17H2,1H3,(H,36,44). The molecule has 0 radical (unpaired) electrons. The number of hydrazine groups is 1. The molecule has 4 aliphatic heterocycles. The fourth-order valence-corrected chi connectivity index (χ4v) is 6.17. The summed E-state index contributed by atoms with van der Waals surface area (Å²) >= 11 is 6.23. The molecule has 244 valence electrons. The van der Waals surface area contributed by atoms with E-state index in [1.165, 1.54) is 29.1 Å². The summed E-state index contributed by atoms with van der Waals surface area (Å²) in [7, 11) is 2.00. The maximum absolute atomic E-state index is 13.4. The van der Waals surface area contributed by atoms with Gasteiger partial charge in [-0.05, 0) is 50.6 Å². The van der Waals surface area contributed by atoms with Crippen molar-refractivity contribution in [3.8, 4) is 17.0 Å². The molecule has 1 atom stereocenters. The number of fused-ring (bicyclic) bond motifs is 1. The molecule has 1 aromatic heterocycles. The summed E-state index contributed by atoms with van der Waals surface area (Å²) in [6, 6.07) is 4.36. The summed E-state index contributed by atoms with van der Waals surface area (Å²) in [6.07, 6.45) is 9.08. The van der Waals surface area contributed by atoms with Crippen LogP contribution in [0, 0.1) is 0 Å². The Bertz CT molecular complexity index is 1600. The van der Waals surface area contributed by atoms with Crippen LogP contribution in [0.3, 0.4) is 0 Å². The van der Waals surface area contributed by atoms with Crippen molar-refractivity contribution in [1.82, 2.24) is 30.0 Å². The molecule has 16 heteroatoms. The van der Waals surface area contributed by atoms with Crippen molar-refractivity contribution in [3.05, 3.63) is 53.1 Å². The van der Waals surface area contributed by atoms with Crippen molar-refractivity contribution in [2.45, 2.75) is 51.0 Å². The molecule has 1 unspecified atom stereocenters. The summed E-state index contributed by atoms with van der Waals surface area (Å²) in [5.74, 6) is -0.597. The molecule has 0 aliphatic carbocycles. The number of alkyl halides is 2. The van der Waals surface area contributed by atoms with E-state index in [-0.39, 0.29) is 64.8 Å². The second-order valence-corrected chi connectivity index (χ2v) is 11.8. The van der Waals surface area contributed by atoms with Gasteiger partial charge in [0, 0.05) is 67.8 Å². The monoisotopic (exact) mass is 658 g/mol. The molecule has 2 N–H and O–H groups in total. The molecule has 2 amide bonds. The van der Waals surface area contributed by atoms with Crippen molar-refractivity contribution in [3.63, 3.8) is 0 Å². The summed E-state index contributed by atoms with van der Waals surface area (Å²) in [5.41, 5.74) is 3.79. The number of aromatic nitrogens is 2. The quantitative estimate of drug-likeness (QED) is 0.370. The zero-order valence-electron chi connectivity index (χ0n) is 25.0. The van der Waals surface area contributed by atoms with E-state index in [1.54, 1.807) is 28.4 Å². The molecule has 2 aromatic rings. The van der Waals surface area contributed by atoms with Gasteiger partial charge >= 0.3 is 12.6 Å². The number of anilines is 1. The van der Waals surface area contributed by atoms with Crippen LogP contribution in [-0.2, 0) is 25.7 Å². The Morgan fingerprint density at radius 2 is 2.07 bits per heavy atom. The molecule has 4 aliphatic rings. The van der Waals surface area contributed by atoms with Gasteiger partial charge in [-0.1, -0.05) is 11.6 Å². The third-order valence-electron chi connectivity index (χ3n) is 8.34. The minimum atomic E-state index is -3.11. The van der Waals surface area contributed by atoms with Gasteiger partial charge in [-0.25, -0.2) is 10.4 Å². The lowest BCUT2D eigenvalue weighted by Crippen LogP contribution is -2.47. The fraction of sp³-hybridized carbons (Fsp3) is 0.433. The van der Waals surface area contributed by atoms with Gasteiger partial charge in [0.15, 0.2) is 5.82 Å². The number of aliphatic imine (C=N–C) groups is 1. The van der Waals surface area contributed by atoms with E-state index in [1.807, 2.05) is 7.05 Å². The highest BCUT2D eigenvalue weighted by atomic mass is 35.5. The number of carbonyl (C=O) groups excluding carboxylic acids is 3. The van der Waals surface area contributed by atoms with Crippen LogP contribution in [0.15, 0.2) is 53.1 Å². The summed E-state index contributed by atoms with van der Waals surface area (Å²) < 4.78 is 38.1. The number of nitrogens with one attached hydrogen (secondary N) is 2. The van der Waals surface area contributed by atoms with Crippen molar-refractivity contribution < 1.29 is 32.6 Å². The lowest BCUT2D eigenvalue weighted by molar-refractivity contribution is -0.142. The summed E-state index contributed by atoms with van der Waals surface area (Å²) in [4.78, 5) is 46.5. The average Bonchev–Trinajstić information content (AvgIpc) is 3.76. The largest absolute Gasteiger partial charge is 0.461 e. The molecule has 5 heterocycles. The first-order valence-electron chi connectivity index (χ1n) is 14.9. The third kappa shape index (κ3) is 7.06. The van der Waals surface area contributed by atoms with Gasteiger partial charge in [0.25, 0.3) is 5.91 Å². The fourth-order valence-electron chi connectivity index (χ4n) is 6.00. The highest BCUT2D eigenvalue weighted by Gasteiger charge is 2.31. The number of benzene rings is 1. The second-order valence-electron chi connectivity index (χ2n) is 11.4. The van der Waals surface area contributed by atoms with E-state index >= 15 is 0 Å². The molecular formula is C30H33ClF2N8O5. The maximum atomic E-state index is 13.4. The van der Waals surface area contributed by atoms with Gasteiger partial charge in [-0.2, -0.15) is 13.9 Å². The number of carbonyl (C=O) groups is 3. The van der Waals surface area contributed by atoms with Crippen LogP contribution in [0.1, 0.15) is 25.7 Å². The van der Waals surface area contributed by atoms with Crippen LogP contribution < -0.4 is 15.5 Å². The van der Waals surface area contributed by atoms with Gasteiger partial charge < -0.3 is 19.7 Å². The van der Waals surface area contributed by atoms with E-state index < -0.39 is 12.5 Å². The third-order valence-corrected chi connectivity index (χ3v) is 8.57. The number of cyclic esters (lactones) is 1. The zero-order valence-corrected chi connectivity index (χ0v) is 25.8. The first-order valence-corrected chi connectivity index (χ1v) is 15.3. The van der Waals surface area contributed by atoms with Crippen LogP contribution in [0.5, 0.6) is 5.75 Å². The zero-order chi connectivity index (χ0) is 32.4. The topological polar surface area (TPSA) is 134 Å². The number of piperidine rings is 1. The smallest absolute Gasteiger partial charge is 0.387 e. The van der Waals surface area contributed by atoms with Crippen LogP contribution >= 0.6 is 11.6 Å². The van der Waals surface area contributed by atoms with E-state index in [0.29, 0.717) is 37.4 Å². The number of esters is 1.